The average molecular weight is 343 g/mol. The number of rotatable bonds is 5. The van der Waals surface area contributed by atoms with E-state index < -0.39 is 0 Å². The normalized spacial score (nSPS) is 23.2. The summed E-state index contributed by atoms with van der Waals surface area (Å²) in [5.74, 6) is -0.189. The fourth-order valence-corrected chi connectivity index (χ4v) is 3.49. The molecule has 0 saturated heterocycles. The molecule has 2 N–H and O–H groups in total. The highest BCUT2D eigenvalue weighted by molar-refractivity contribution is 9.10. The van der Waals surface area contributed by atoms with Gasteiger partial charge in [-0.05, 0) is 56.3 Å². The molecule has 112 valence electrons. The molecule has 1 saturated carbocycles. The van der Waals surface area contributed by atoms with E-state index in [1.54, 1.807) is 12.1 Å². The van der Waals surface area contributed by atoms with E-state index in [1.807, 2.05) is 6.07 Å². The third-order valence-corrected chi connectivity index (χ3v) is 4.90. The first kappa shape index (κ1) is 15.9. The summed E-state index contributed by atoms with van der Waals surface area (Å²) in [7, 11) is 0. The standard InChI is InChI=1S/C16H24BrFN2/c1-2-9-20(15-7-5-14(19)6-8-15)11-12-3-4-13(18)10-16(12)17/h3-4,10,14-15H,2,5-9,11,19H2,1H3. The van der Waals surface area contributed by atoms with Crippen molar-refractivity contribution in [1.82, 2.24) is 4.90 Å². The molecule has 0 heterocycles. The van der Waals surface area contributed by atoms with Crippen LogP contribution in [0.5, 0.6) is 0 Å². The summed E-state index contributed by atoms with van der Waals surface area (Å²) >= 11 is 3.47. The number of benzene rings is 1. The van der Waals surface area contributed by atoms with Crippen LogP contribution in [0.1, 0.15) is 44.6 Å². The summed E-state index contributed by atoms with van der Waals surface area (Å²) in [4.78, 5) is 2.53. The third kappa shape index (κ3) is 4.27. The monoisotopic (exact) mass is 342 g/mol. The van der Waals surface area contributed by atoms with Crippen molar-refractivity contribution in [3.8, 4) is 0 Å². The Hall–Kier alpha value is -0.450. The Kier molecular flexibility index (Phi) is 6.00. The van der Waals surface area contributed by atoms with Gasteiger partial charge in [0.1, 0.15) is 5.82 Å². The summed E-state index contributed by atoms with van der Waals surface area (Å²) in [5.41, 5.74) is 7.16. The van der Waals surface area contributed by atoms with Crippen LogP contribution in [0.3, 0.4) is 0 Å². The highest BCUT2D eigenvalue weighted by Crippen LogP contribution is 2.26. The summed E-state index contributed by atoms with van der Waals surface area (Å²) in [6, 6.07) is 5.98. The number of nitrogens with two attached hydrogens (primary N) is 1. The zero-order valence-corrected chi connectivity index (χ0v) is 13.7. The van der Waals surface area contributed by atoms with Crippen LogP contribution < -0.4 is 5.73 Å². The highest BCUT2D eigenvalue weighted by Gasteiger charge is 2.24. The third-order valence-electron chi connectivity index (χ3n) is 4.16. The van der Waals surface area contributed by atoms with E-state index in [1.165, 1.54) is 12.8 Å². The van der Waals surface area contributed by atoms with Crippen molar-refractivity contribution in [1.29, 1.82) is 0 Å². The van der Waals surface area contributed by atoms with E-state index in [4.69, 9.17) is 5.73 Å². The van der Waals surface area contributed by atoms with Gasteiger partial charge in [-0.3, -0.25) is 4.90 Å². The van der Waals surface area contributed by atoms with Crippen LogP contribution in [0, 0.1) is 5.82 Å². The van der Waals surface area contributed by atoms with Gasteiger partial charge in [0, 0.05) is 23.1 Å². The Morgan fingerprint density at radius 2 is 2.00 bits per heavy atom. The molecule has 0 radical (unpaired) electrons. The van der Waals surface area contributed by atoms with Crippen molar-refractivity contribution in [3.63, 3.8) is 0 Å². The quantitative estimate of drug-likeness (QED) is 0.873. The van der Waals surface area contributed by atoms with Gasteiger partial charge in [-0.15, -0.1) is 0 Å². The average Bonchev–Trinajstić information content (AvgIpc) is 2.42. The van der Waals surface area contributed by atoms with Gasteiger partial charge in [0.05, 0.1) is 0 Å². The molecule has 0 amide bonds. The SMILES string of the molecule is CCCN(Cc1ccc(F)cc1Br)C1CCC(N)CC1. The van der Waals surface area contributed by atoms with Gasteiger partial charge < -0.3 is 5.73 Å². The fourth-order valence-electron chi connectivity index (χ4n) is 3.01. The zero-order chi connectivity index (χ0) is 14.5. The summed E-state index contributed by atoms with van der Waals surface area (Å²) < 4.78 is 14.0. The van der Waals surface area contributed by atoms with Crippen molar-refractivity contribution >= 4 is 15.9 Å². The maximum absolute atomic E-state index is 13.2. The smallest absolute Gasteiger partial charge is 0.124 e. The van der Waals surface area contributed by atoms with Crippen molar-refractivity contribution in [2.45, 2.75) is 57.7 Å². The van der Waals surface area contributed by atoms with Crippen LogP contribution in [0.25, 0.3) is 0 Å². The number of halogens is 2. The van der Waals surface area contributed by atoms with Gasteiger partial charge in [-0.1, -0.05) is 28.9 Å². The Morgan fingerprint density at radius 3 is 2.60 bits per heavy atom. The molecule has 0 spiro atoms. The lowest BCUT2D eigenvalue weighted by Crippen LogP contribution is -2.40. The second-order valence-electron chi connectivity index (χ2n) is 5.77. The predicted molar refractivity (Wildman–Crippen MR) is 85.0 cm³/mol. The van der Waals surface area contributed by atoms with E-state index in [0.717, 1.165) is 42.4 Å². The van der Waals surface area contributed by atoms with Crippen LogP contribution in [0.4, 0.5) is 4.39 Å². The number of nitrogens with zero attached hydrogens (tertiary/aromatic N) is 1. The zero-order valence-electron chi connectivity index (χ0n) is 12.1. The highest BCUT2D eigenvalue weighted by atomic mass is 79.9. The molecule has 0 bridgehead atoms. The van der Waals surface area contributed by atoms with Gasteiger partial charge in [0.15, 0.2) is 0 Å². The second-order valence-corrected chi connectivity index (χ2v) is 6.63. The van der Waals surface area contributed by atoms with E-state index in [0.29, 0.717) is 12.1 Å². The molecule has 1 aromatic rings. The molecule has 0 aromatic heterocycles. The molecule has 2 nitrogen and oxygen atoms in total. The number of hydrogen-bond donors (Lipinski definition) is 1. The molecule has 1 fully saturated rings. The van der Waals surface area contributed by atoms with Crippen molar-refractivity contribution < 1.29 is 4.39 Å². The molecule has 0 atom stereocenters. The molecule has 2 rings (SSSR count). The maximum atomic E-state index is 13.2. The topological polar surface area (TPSA) is 29.3 Å². The van der Waals surface area contributed by atoms with Crippen molar-refractivity contribution in [2.75, 3.05) is 6.54 Å². The van der Waals surface area contributed by atoms with Crippen LogP contribution >= 0.6 is 15.9 Å². The molecule has 1 aromatic carbocycles. The summed E-state index contributed by atoms with van der Waals surface area (Å²) in [6.07, 6.45) is 5.74. The minimum absolute atomic E-state index is 0.189. The minimum Gasteiger partial charge on any atom is -0.328 e. The largest absolute Gasteiger partial charge is 0.328 e. The first-order valence-corrected chi connectivity index (χ1v) is 8.33. The maximum Gasteiger partial charge on any atom is 0.124 e. The summed E-state index contributed by atoms with van der Waals surface area (Å²) in [5, 5.41) is 0. The molecule has 4 heteroatoms. The van der Waals surface area contributed by atoms with E-state index >= 15 is 0 Å². The molecule has 20 heavy (non-hydrogen) atoms. The van der Waals surface area contributed by atoms with E-state index in [2.05, 4.69) is 27.8 Å². The van der Waals surface area contributed by atoms with Crippen LogP contribution in [0.2, 0.25) is 0 Å². The van der Waals surface area contributed by atoms with Crippen molar-refractivity contribution in [2.24, 2.45) is 5.73 Å². The lowest BCUT2D eigenvalue weighted by atomic mass is 9.90. The second kappa shape index (κ2) is 7.53. The summed E-state index contributed by atoms with van der Waals surface area (Å²) in [6.45, 7) is 4.18. The molecule has 0 aliphatic heterocycles. The van der Waals surface area contributed by atoms with Crippen LogP contribution in [0.15, 0.2) is 22.7 Å². The fraction of sp³-hybridized carbons (Fsp3) is 0.625. The van der Waals surface area contributed by atoms with E-state index in [9.17, 15) is 4.39 Å². The first-order valence-electron chi connectivity index (χ1n) is 7.53. The lowest BCUT2D eigenvalue weighted by molar-refractivity contribution is 0.142. The first-order chi connectivity index (χ1) is 9.60. The lowest BCUT2D eigenvalue weighted by Gasteiger charge is -2.36. The molecule has 0 unspecified atom stereocenters. The van der Waals surface area contributed by atoms with Crippen LogP contribution in [-0.2, 0) is 6.54 Å². The molecule has 1 aliphatic rings. The molecular formula is C16H24BrFN2. The van der Waals surface area contributed by atoms with Gasteiger partial charge in [-0.2, -0.15) is 0 Å². The molecule has 1 aliphatic carbocycles. The molecular weight excluding hydrogens is 319 g/mol. The van der Waals surface area contributed by atoms with Crippen molar-refractivity contribution in [3.05, 3.63) is 34.1 Å². The van der Waals surface area contributed by atoms with Gasteiger partial charge in [-0.25, -0.2) is 4.39 Å². The number of hydrogen-bond acceptors (Lipinski definition) is 2. The Bertz CT molecular complexity index is 430. The predicted octanol–water partition coefficient (Wildman–Crippen LogP) is 4.07. The van der Waals surface area contributed by atoms with Crippen LogP contribution in [-0.4, -0.2) is 23.5 Å². The van der Waals surface area contributed by atoms with Gasteiger partial charge in [0.2, 0.25) is 0 Å². The Labute approximate surface area is 129 Å². The van der Waals surface area contributed by atoms with E-state index in [-0.39, 0.29) is 5.82 Å². The van der Waals surface area contributed by atoms with Gasteiger partial charge >= 0.3 is 0 Å². The minimum atomic E-state index is -0.189. The Balaban J connectivity index is 2.04. The Morgan fingerprint density at radius 1 is 1.30 bits per heavy atom. The van der Waals surface area contributed by atoms with Gasteiger partial charge in [0.25, 0.3) is 0 Å².